The number of carbonyl (C=O) groups excluding carboxylic acids is 1. The monoisotopic (exact) mass is 300 g/mol. The average Bonchev–Trinajstić information content (AvgIpc) is 2.40. The zero-order chi connectivity index (χ0) is 16.1. The first kappa shape index (κ1) is 20.3. The van der Waals surface area contributed by atoms with E-state index in [0.29, 0.717) is 5.92 Å². The van der Waals surface area contributed by atoms with Gasteiger partial charge in [-0.05, 0) is 39.5 Å². The van der Waals surface area contributed by atoms with Gasteiger partial charge in [0.2, 0.25) is 0 Å². The SMILES string of the molecule is CCCCCCC(CCCCC)C(C)OC(=O)OC(C)C. The van der Waals surface area contributed by atoms with E-state index in [2.05, 4.69) is 13.8 Å². The molecule has 0 aliphatic carbocycles. The van der Waals surface area contributed by atoms with Crippen LogP contribution in [0.2, 0.25) is 0 Å². The third-order valence-corrected chi connectivity index (χ3v) is 3.88. The lowest BCUT2D eigenvalue weighted by Gasteiger charge is -2.24. The fraction of sp³-hybridized carbons (Fsp3) is 0.944. The maximum Gasteiger partial charge on any atom is 0.508 e. The predicted molar refractivity (Wildman–Crippen MR) is 88.6 cm³/mol. The van der Waals surface area contributed by atoms with Crippen molar-refractivity contribution in [3.63, 3.8) is 0 Å². The number of hydrogen-bond acceptors (Lipinski definition) is 3. The maximum atomic E-state index is 11.6. The third kappa shape index (κ3) is 11.6. The Balaban J connectivity index is 4.22. The molecule has 0 aliphatic rings. The minimum atomic E-state index is -0.522. The van der Waals surface area contributed by atoms with Crippen molar-refractivity contribution in [3.05, 3.63) is 0 Å². The van der Waals surface area contributed by atoms with Crippen molar-refractivity contribution in [2.75, 3.05) is 0 Å². The second-order valence-electron chi connectivity index (χ2n) is 6.34. The molecule has 0 spiro atoms. The largest absolute Gasteiger partial charge is 0.508 e. The molecule has 0 aromatic heterocycles. The molecule has 0 radical (unpaired) electrons. The Kier molecular flexibility index (Phi) is 12.5. The van der Waals surface area contributed by atoms with Crippen LogP contribution in [0.4, 0.5) is 4.79 Å². The van der Waals surface area contributed by atoms with Crippen LogP contribution in [0.15, 0.2) is 0 Å². The summed E-state index contributed by atoms with van der Waals surface area (Å²) in [4.78, 5) is 11.6. The molecule has 0 aromatic rings. The van der Waals surface area contributed by atoms with Gasteiger partial charge in [-0.2, -0.15) is 0 Å². The summed E-state index contributed by atoms with van der Waals surface area (Å²) in [5, 5.41) is 0. The first-order valence-corrected chi connectivity index (χ1v) is 8.88. The smallest absolute Gasteiger partial charge is 0.432 e. The van der Waals surface area contributed by atoms with E-state index in [4.69, 9.17) is 9.47 Å². The molecule has 0 amide bonds. The Morgan fingerprint density at radius 3 is 1.86 bits per heavy atom. The molecule has 0 aromatic carbocycles. The molecule has 3 nitrogen and oxygen atoms in total. The number of hydrogen-bond donors (Lipinski definition) is 0. The highest BCUT2D eigenvalue weighted by Gasteiger charge is 2.21. The zero-order valence-corrected chi connectivity index (χ0v) is 14.8. The molecule has 21 heavy (non-hydrogen) atoms. The van der Waals surface area contributed by atoms with Crippen LogP contribution in [-0.4, -0.2) is 18.4 Å². The molecule has 0 heterocycles. The molecule has 3 heteroatoms. The van der Waals surface area contributed by atoms with Crippen LogP contribution in [-0.2, 0) is 9.47 Å². The van der Waals surface area contributed by atoms with Crippen molar-refractivity contribution in [3.8, 4) is 0 Å². The van der Waals surface area contributed by atoms with Crippen LogP contribution in [0, 0.1) is 5.92 Å². The van der Waals surface area contributed by atoms with Gasteiger partial charge in [-0.25, -0.2) is 4.79 Å². The lowest BCUT2D eigenvalue weighted by molar-refractivity contribution is -0.00808. The fourth-order valence-electron chi connectivity index (χ4n) is 2.57. The summed E-state index contributed by atoms with van der Waals surface area (Å²) in [6, 6.07) is 0. The molecule has 0 saturated heterocycles. The average molecular weight is 300 g/mol. The lowest BCUT2D eigenvalue weighted by Crippen LogP contribution is -2.26. The van der Waals surface area contributed by atoms with Crippen molar-refractivity contribution >= 4 is 6.16 Å². The first-order valence-electron chi connectivity index (χ1n) is 8.88. The van der Waals surface area contributed by atoms with E-state index < -0.39 is 6.16 Å². The van der Waals surface area contributed by atoms with Crippen LogP contribution in [0.5, 0.6) is 0 Å². The molecule has 2 unspecified atom stereocenters. The second-order valence-corrected chi connectivity index (χ2v) is 6.34. The van der Waals surface area contributed by atoms with E-state index in [1.807, 2.05) is 20.8 Å². The summed E-state index contributed by atoms with van der Waals surface area (Å²) in [6.45, 7) is 10.1. The van der Waals surface area contributed by atoms with Gasteiger partial charge >= 0.3 is 6.16 Å². The summed E-state index contributed by atoms with van der Waals surface area (Å²) in [7, 11) is 0. The van der Waals surface area contributed by atoms with Gasteiger partial charge in [0.1, 0.15) is 6.10 Å². The van der Waals surface area contributed by atoms with Gasteiger partial charge in [0.05, 0.1) is 6.10 Å². The topological polar surface area (TPSA) is 35.5 Å². The molecule has 0 bridgehead atoms. The minimum Gasteiger partial charge on any atom is -0.432 e. The van der Waals surface area contributed by atoms with Gasteiger partial charge < -0.3 is 9.47 Å². The molecule has 2 atom stereocenters. The van der Waals surface area contributed by atoms with Gasteiger partial charge in [-0.15, -0.1) is 0 Å². The van der Waals surface area contributed by atoms with Crippen LogP contribution < -0.4 is 0 Å². The highest BCUT2D eigenvalue weighted by molar-refractivity contribution is 5.60. The van der Waals surface area contributed by atoms with Gasteiger partial charge in [0.25, 0.3) is 0 Å². The molecule has 0 saturated carbocycles. The summed E-state index contributed by atoms with van der Waals surface area (Å²) in [5.41, 5.74) is 0. The first-order chi connectivity index (χ1) is 10.0. The Morgan fingerprint density at radius 1 is 0.810 bits per heavy atom. The van der Waals surface area contributed by atoms with E-state index in [-0.39, 0.29) is 12.2 Å². The second kappa shape index (κ2) is 13.0. The highest BCUT2D eigenvalue weighted by Crippen LogP contribution is 2.23. The van der Waals surface area contributed by atoms with E-state index in [1.165, 1.54) is 44.9 Å². The normalized spacial score (nSPS) is 14.0. The summed E-state index contributed by atoms with van der Waals surface area (Å²) in [5.74, 6) is 0.466. The standard InChI is InChI=1S/C18H36O3/c1-6-8-10-12-14-17(13-11-9-7-2)16(5)21-18(19)20-15(3)4/h15-17H,6-14H2,1-5H3. The third-order valence-electron chi connectivity index (χ3n) is 3.88. The Bertz CT molecular complexity index is 251. The summed E-state index contributed by atoms with van der Waals surface area (Å²) in [6.07, 6.45) is 10.4. The fourth-order valence-corrected chi connectivity index (χ4v) is 2.57. The zero-order valence-electron chi connectivity index (χ0n) is 14.8. The van der Waals surface area contributed by atoms with Crippen molar-refractivity contribution in [2.24, 2.45) is 5.92 Å². The highest BCUT2D eigenvalue weighted by atomic mass is 16.7. The molecular formula is C18H36O3. The number of carbonyl (C=O) groups is 1. The van der Waals surface area contributed by atoms with E-state index >= 15 is 0 Å². The molecule has 126 valence electrons. The summed E-state index contributed by atoms with van der Waals surface area (Å²) < 4.78 is 10.5. The molecule has 0 aliphatic heterocycles. The van der Waals surface area contributed by atoms with Gasteiger partial charge in [0.15, 0.2) is 0 Å². The maximum absolute atomic E-state index is 11.6. The van der Waals surface area contributed by atoms with Crippen molar-refractivity contribution in [2.45, 2.75) is 105 Å². The Labute approximate surface area is 131 Å². The Hall–Kier alpha value is -0.730. The summed E-state index contributed by atoms with van der Waals surface area (Å²) >= 11 is 0. The van der Waals surface area contributed by atoms with Crippen molar-refractivity contribution < 1.29 is 14.3 Å². The van der Waals surface area contributed by atoms with E-state index in [1.54, 1.807) is 0 Å². The van der Waals surface area contributed by atoms with E-state index in [9.17, 15) is 4.79 Å². The van der Waals surface area contributed by atoms with Crippen LogP contribution in [0.25, 0.3) is 0 Å². The molecular weight excluding hydrogens is 264 g/mol. The van der Waals surface area contributed by atoms with E-state index in [0.717, 1.165) is 12.8 Å². The Morgan fingerprint density at radius 2 is 1.33 bits per heavy atom. The number of rotatable bonds is 12. The van der Waals surface area contributed by atoms with Crippen LogP contribution in [0.1, 0.15) is 92.4 Å². The van der Waals surface area contributed by atoms with Gasteiger partial charge in [-0.1, -0.05) is 58.8 Å². The van der Waals surface area contributed by atoms with Crippen molar-refractivity contribution in [1.82, 2.24) is 0 Å². The van der Waals surface area contributed by atoms with Crippen molar-refractivity contribution in [1.29, 1.82) is 0 Å². The molecule has 0 N–H and O–H groups in total. The molecule has 0 fully saturated rings. The number of ether oxygens (including phenoxy) is 2. The molecule has 0 rings (SSSR count). The lowest BCUT2D eigenvalue weighted by atomic mass is 9.90. The number of unbranched alkanes of at least 4 members (excludes halogenated alkanes) is 5. The minimum absolute atomic E-state index is 0.0465. The van der Waals surface area contributed by atoms with Gasteiger partial charge in [0, 0.05) is 0 Å². The van der Waals surface area contributed by atoms with Crippen LogP contribution >= 0.6 is 0 Å². The van der Waals surface area contributed by atoms with Crippen LogP contribution in [0.3, 0.4) is 0 Å². The quantitative estimate of drug-likeness (QED) is 0.322. The predicted octanol–water partition coefficient (Wildman–Crippen LogP) is 6.10. The van der Waals surface area contributed by atoms with Gasteiger partial charge in [-0.3, -0.25) is 0 Å².